The van der Waals surface area contributed by atoms with E-state index in [-0.39, 0.29) is 0 Å². The van der Waals surface area contributed by atoms with Crippen molar-refractivity contribution >= 4 is 12.6 Å². The number of aryl methyl sites for hydroxylation is 1. The van der Waals surface area contributed by atoms with Crippen molar-refractivity contribution in [3.05, 3.63) is 59.7 Å². The Morgan fingerprint density at radius 2 is 1.74 bits per heavy atom. The molecule has 0 saturated heterocycles. The molecule has 2 rings (SSSR count). The average molecular weight is 256 g/mol. The lowest BCUT2D eigenvalue weighted by Crippen LogP contribution is -2.29. The molecule has 0 amide bonds. The largest absolute Gasteiger partial charge is 0.489 e. The maximum atomic E-state index is 9.00. The number of ether oxygens (including phenoxy) is 1. The second-order valence-corrected chi connectivity index (χ2v) is 4.40. The molecule has 0 aliphatic heterocycles. The van der Waals surface area contributed by atoms with Crippen LogP contribution in [0.2, 0.25) is 0 Å². The molecule has 2 aromatic carbocycles. The summed E-state index contributed by atoms with van der Waals surface area (Å²) in [6.45, 7) is 2.58. The Bertz CT molecular complexity index is 523. The molecule has 0 aliphatic rings. The zero-order valence-electron chi connectivity index (χ0n) is 10.9. The summed E-state index contributed by atoms with van der Waals surface area (Å²) in [4.78, 5) is 0. The van der Waals surface area contributed by atoms with Crippen molar-refractivity contribution in [2.24, 2.45) is 0 Å². The van der Waals surface area contributed by atoms with E-state index in [1.54, 1.807) is 12.1 Å². The predicted octanol–water partition coefficient (Wildman–Crippen LogP) is 1.51. The van der Waals surface area contributed by atoms with E-state index in [0.29, 0.717) is 12.1 Å². The molecular weight excluding hydrogens is 239 g/mol. The van der Waals surface area contributed by atoms with Gasteiger partial charge >= 0.3 is 7.12 Å². The molecule has 0 radical (unpaired) electrons. The predicted molar refractivity (Wildman–Crippen MR) is 76.4 cm³/mol. The highest BCUT2D eigenvalue weighted by atomic mass is 16.5. The van der Waals surface area contributed by atoms with Crippen LogP contribution in [0.25, 0.3) is 0 Å². The monoisotopic (exact) mass is 256 g/mol. The Labute approximate surface area is 113 Å². The van der Waals surface area contributed by atoms with Crippen molar-refractivity contribution in [3.8, 4) is 5.75 Å². The van der Waals surface area contributed by atoms with Gasteiger partial charge in [0, 0.05) is 0 Å². The van der Waals surface area contributed by atoms with Gasteiger partial charge in [-0.1, -0.05) is 43.3 Å². The van der Waals surface area contributed by atoms with Gasteiger partial charge in [0.05, 0.1) is 0 Å². The minimum absolute atomic E-state index is 0.467. The van der Waals surface area contributed by atoms with Crippen LogP contribution in [-0.2, 0) is 13.0 Å². The normalized spacial score (nSPS) is 10.3. The fourth-order valence-electron chi connectivity index (χ4n) is 1.81. The van der Waals surface area contributed by atoms with E-state index < -0.39 is 7.12 Å². The highest BCUT2D eigenvalue weighted by Gasteiger charge is 2.09. The molecule has 0 bridgehead atoms. The fourth-order valence-corrected chi connectivity index (χ4v) is 1.81. The second kappa shape index (κ2) is 6.41. The highest BCUT2D eigenvalue weighted by molar-refractivity contribution is 6.58. The van der Waals surface area contributed by atoms with E-state index >= 15 is 0 Å². The number of rotatable bonds is 5. The molecule has 0 aromatic heterocycles. The summed E-state index contributed by atoms with van der Waals surface area (Å²) in [5.74, 6) is 0.852. The van der Waals surface area contributed by atoms with Crippen molar-refractivity contribution in [2.75, 3.05) is 0 Å². The Hall–Kier alpha value is -1.78. The Balaban J connectivity index is 1.98. The lowest BCUT2D eigenvalue weighted by molar-refractivity contribution is 0.306. The third kappa shape index (κ3) is 3.84. The fraction of sp³-hybridized carbons (Fsp3) is 0.200. The first-order chi connectivity index (χ1) is 9.19. The molecule has 2 aromatic rings. The zero-order valence-corrected chi connectivity index (χ0v) is 10.9. The summed E-state index contributed by atoms with van der Waals surface area (Å²) >= 11 is 0. The number of benzene rings is 2. The van der Waals surface area contributed by atoms with E-state index in [4.69, 9.17) is 14.8 Å². The highest BCUT2D eigenvalue weighted by Crippen LogP contribution is 2.15. The number of hydrogen-bond acceptors (Lipinski definition) is 3. The van der Waals surface area contributed by atoms with Gasteiger partial charge in [0.25, 0.3) is 0 Å². The minimum atomic E-state index is -1.42. The molecule has 0 atom stereocenters. The van der Waals surface area contributed by atoms with Crippen LogP contribution >= 0.6 is 0 Å². The first-order valence-electron chi connectivity index (χ1n) is 6.35. The second-order valence-electron chi connectivity index (χ2n) is 4.40. The first kappa shape index (κ1) is 13.7. The van der Waals surface area contributed by atoms with Crippen LogP contribution in [0.1, 0.15) is 18.1 Å². The molecule has 98 valence electrons. The van der Waals surface area contributed by atoms with Crippen LogP contribution in [-0.4, -0.2) is 17.2 Å². The topological polar surface area (TPSA) is 49.7 Å². The minimum Gasteiger partial charge on any atom is -0.489 e. The van der Waals surface area contributed by atoms with Gasteiger partial charge in [-0.25, -0.2) is 0 Å². The summed E-state index contributed by atoms with van der Waals surface area (Å²) < 4.78 is 5.71. The molecule has 2 N–H and O–H groups in total. The zero-order chi connectivity index (χ0) is 13.7. The molecule has 0 aliphatic carbocycles. The Kier molecular flexibility index (Phi) is 4.60. The van der Waals surface area contributed by atoms with E-state index in [0.717, 1.165) is 17.7 Å². The molecular formula is C15H17BO3. The maximum absolute atomic E-state index is 9.00. The molecule has 0 unspecified atom stereocenters. The van der Waals surface area contributed by atoms with Crippen molar-refractivity contribution in [1.29, 1.82) is 0 Å². The standard InChI is InChI=1S/C15H17BO3/c1-2-12-4-3-5-15(10-12)19-11-13-6-8-14(9-7-13)16(17)18/h3-10,17-18H,2,11H2,1H3. The smallest absolute Gasteiger partial charge is 0.488 e. The third-order valence-corrected chi connectivity index (χ3v) is 2.99. The van der Waals surface area contributed by atoms with Gasteiger partial charge in [-0.3, -0.25) is 0 Å². The van der Waals surface area contributed by atoms with Gasteiger partial charge in [0.1, 0.15) is 12.4 Å². The average Bonchev–Trinajstić information content (AvgIpc) is 2.46. The van der Waals surface area contributed by atoms with Crippen LogP contribution in [0.4, 0.5) is 0 Å². The summed E-state index contributed by atoms with van der Waals surface area (Å²) in [5, 5.41) is 18.0. The van der Waals surface area contributed by atoms with E-state index in [1.807, 2.05) is 30.3 Å². The quantitative estimate of drug-likeness (QED) is 0.797. The lowest BCUT2D eigenvalue weighted by atomic mass is 9.80. The molecule has 4 heteroatoms. The van der Waals surface area contributed by atoms with Crippen LogP contribution in [0.15, 0.2) is 48.5 Å². The van der Waals surface area contributed by atoms with Gasteiger partial charge < -0.3 is 14.8 Å². The van der Waals surface area contributed by atoms with E-state index in [2.05, 4.69) is 13.0 Å². The third-order valence-electron chi connectivity index (χ3n) is 2.99. The van der Waals surface area contributed by atoms with Gasteiger partial charge in [-0.05, 0) is 35.1 Å². The SMILES string of the molecule is CCc1cccc(OCc2ccc(B(O)O)cc2)c1. The van der Waals surface area contributed by atoms with Gasteiger partial charge in [0.15, 0.2) is 0 Å². The summed E-state index contributed by atoms with van der Waals surface area (Å²) in [6, 6.07) is 15.1. The Morgan fingerprint density at radius 1 is 1.00 bits per heavy atom. The van der Waals surface area contributed by atoms with Crippen molar-refractivity contribution in [1.82, 2.24) is 0 Å². The Morgan fingerprint density at radius 3 is 2.37 bits per heavy atom. The number of hydrogen-bond donors (Lipinski definition) is 2. The maximum Gasteiger partial charge on any atom is 0.488 e. The van der Waals surface area contributed by atoms with Crippen LogP contribution in [0.5, 0.6) is 5.75 Å². The van der Waals surface area contributed by atoms with Crippen molar-refractivity contribution < 1.29 is 14.8 Å². The van der Waals surface area contributed by atoms with Gasteiger partial charge in [0.2, 0.25) is 0 Å². The molecule has 0 fully saturated rings. The van der Waals surface area contributed by atoms with Gasteiger partial charge in [-0.15, -0.1) is 0 Å². The summed E-state index contributed by atoms with van der Waals surface area (Å²) in [5.41, 5.74) is 2.72. The van der Waals surface area contributed by atoms with Crippen LogP contribution in [0, 0.1) is 0 Å². The van der Waals surface area contributed by atoms with E-state index in [1.165, 1.54) is 5.56 Å². The molecule has 0 saturated carbocycles. The van der Waals surface area contributed by atoms with Gasteiger partial charge in [-0.2, -0.15) is 0 Å². The molecule has 19 heavy (non-hydrogen) atoms. The van der Waals surface area contributed by atoms with Crippen molar-refractivity contribution in [2.45, 2.75) is 20.0 Å². The summed E-state index contributed by atoms with van der Waals surface area (Å²) in [7, 11) is -1.42. The van der Waals surface area contributed by atoms with Crippen LogP contribution in [0.3, 0.4) is 0 Å². The van der Waals surface area contributed by atoms with Crippen molar-refractivity contribution in [3.63, 3.8) is 0 Å². The van der Waals surface area contributed by atoms with Crippen LogP contribution < -0.4 is 10.2 Å². The summed E-state index contributed by atoms with van der Waals surface area (Å²) in [6.07, 6.45) is 0.986. The first-order valence-corrected chi connectivity index (χ1v) is 6.35. The van der Waals surface area contributed by atoms with E-state index in [9.17, 15) is 0 Å². The lowest BCUT2D eigenvalue weighted by Gasteiger charge is -2.08. The molecule has 0 spiro atoms. The molecule has 0 heterocycles. The molecule has 3 nitrogen and oxygen atoms in total.